The van der Waals surface area contributed by atoms with Crippen LogP contribution in [0.1, 0.15) is 32.6 Å². The Kier molecular flexibility index (Phi) is 4.37. The predicted molar refractivity (Wildman–Crippen MR) is 74.1 cm³/mol. The van der Waals surface area contributed by atoms with Crippen molar-refractivity contribution in [1.29, 1.82) is 0 Å². The molecule has 4 nitrogen and oxygen atoms in total. The second-order valence-corrected chi connectivity index (χ2v) is 5.49. The van der Waals surface area contributed by atoms with Crippen molar-refractivity contribution in [3.05, 3.63) is 35.8 Å². The minimum Gasteiger partial charge on any atom is -0.374 e. The third-order valence-electron chi connectivity index (χ3n) is 3.38. The summed E-state index contributed by atoms with van der Waals surface area (Å²) in [5, 5.41) is 5.29. The van der Waals surface area contributed by atoms with Crippen LogP contribution in [0.3, 0.4) is 0 Å². The van der Waals surface area contributed by atoms with E-state index in [1.54, 1.807) is 0 Å². The summed E-state index contributed by atoms with van der Waals surface area (Å²) < 4.78 is 13.6. The summed E-state index contributed by atoms with van der Waals surface area (Å²) in [5.74, 6) is -0.743. The maximum absolute atomic E-state index is 13.6. The first-order valence-corrected chi connectivity index (χ1v) is 6.76. The summed E-state index contributed by atoms with van der Waals surface area (Å²) in [6, 6.07) is -0.480. The minimum absolute atomic E-state index is 0.0632. The molecule has 2 atom stereocenters. The fourth-order valence-electron chi connectivity index (χ4n) is 2.54. The number of carbonyl (C=O) groups is 2. The number of hydrogen-bond acceptors (Lipinski definition) is 3. The topological polar surface area (TPSA) is 58.2 Å². The highest BCUT2D eigenvalue weighted by atomic mass is 19.1. The fourth-order valence-corrected chi connectivity index (χ4v) is 2.54. The van der Waals surface area contributed by atoms with Crippen LogP contribution in [-0.4, -0.2) is 17.9 Å². The first kappa shape index (κ1) is 14.5. The number of carbonyl (C=O) groups excluding carboxylic acids is 2. The molecular weight excluding hydrogens is 259 g/mol. The molecule has 1 aliphatic heterocycles. The van der Waals surface area contributed by atoms with Crippen LogP contribution >= 0.6 is 0 Å². The van der Waals surface area contributed by atoms with Gasteiger partial charge in [0.05, 0.1) is 0 Å². The quantitative estimate of drug-likeness (QED) is 0.611. The molecule has 0 spiro atoms. The van der Waals surface area contributed by atoms with Gasteiger partial charge in [0, 0.05) is 18.5 Å². The van der Waals surface area contributed by atoms with Gasteiger partial charge in [-0.1, -0.05) is 11.6 Å². The second-order valence-electron chi connectivity index (χ2n) is 5.49. The Bertz CT molecular complexity index is 506. The van der Waals surface area contributed by atoms with E-state index in [0.717, 1.165) is 12.0 Å². The van der Waals surface area contributed by atoms with Gasteiger partial charge in [0.15, 0.2) is 0 Å². The lowest BCUT2D eigenvalue weighted by atomic mass is 9.92. The Labute approximate surface area is 117 Å². The third-order valence-corrected chi connectivity index (χ3v) is 3.38. The van der Waals surface area contributed by atoms with E-state index >= 15 is 0 Å². The standard InChI is InChI=1S/C15H19FN2O2/c1-9(2)5-10-6-11(16)8-12(7-10)17-13-3-4-14(19)18-15(13)20/h7-8,10,13,17H,1,3-6H2,2H3,(H,18,19,20). The van der Waals surface area contributed by atoms with Crippen molar-refractivity contribution in [2.75, 3.05) is 0 Å². The zero-order valence-corrected chi connectivity index (χ0v) is 11.5. The van der Waals surface area contributed by atoms with Crippen LogP contribution < -0.4 is 10.6 Å². The zero-order valence-electron chi connectivity index (χ0n) is 11.5. The Balaban J connectivity index is 2.03. The highest BCUT2D eigenvalue weighted by Gasteiger charge is 2.27. The predicted octanol–water partition coefficient (Wildman–Crippen LogP) is 2.10. The van der Waals surface area contributed by atoms with Gasteiger partial charge >= 0.3 is 0 Å². The maximum atomic E-state index is 13.6. The van der Waals surface area contributed by atoms with Crippen LogP contribution in [0.15, 0.2) is 35.8 Å². The second kappa shape index (κ2) is 6.03. The average Bonchev–Trinajstić information content (AvgIpc) is 2.31. The molecule has 2 unspecified atom stereocenters. The summed E-state index contributed by atoms with van der Waals surface area (Å²) in [6.07, 6.45) is 5.18. The van der Waals surface area contributed by atoms with Crippen molar-refractivity contribution in [1.82, 2.24) is 10.6 Å². The molecular formula is C15H19FN2O2. The molecule has 2 amide bonds. The molecule has 0 radical (unpaired) electrons. The summed E-state index contributed by atoms with van der Waals surface area (Å²) in [7, 11) is 0. The van der Waals surface area contributed by atoms with Gasteiger partial charge in [-0.15, -0.1) is 6.58 Å². The molecule has 108 valence electrons. The van der Waals surface area contributed by atoms with Crippen molar-refractivity contribution in [3.8, 4) is 0 Å². The van der Waals surface area contributed by atoms with Crippen LogP contribution in [0.25, 0.3) is 0 Å². The number of hydrogen-bond donors (Lipinski definition) is 2. The minimum atomic E-state index is -0.480. The number of imide groups is 1. The van der Waals surface area contributed by atoms with Crippen LogP contribution in [0.5, 0.6) is 0 Å². The van der Waals surface area contributed by atoms with E-state index in [-0.39, 0.29) is 23.6 Å². The molecule has 5 heteroatoms. The van der Waals surface area contributed by atoms with Crippen molar-refractivity contribution in [2.24, 2.45) is 5.92 Å². The van der Waals surface area contributed by atoms with E-state index < -0.39 is 6.04 Å². The number of allylic oxidation sites excluding steroid dienone is 4. The number of amides is 2. The SMILES string of the molecule is C=C(C)CC1C=C(NC2CCC(=O)NC2=O)C=C(F)C1. The van der Waals surface area contributed by atoms with Crippen LogP contribution in [0.4, 0.5) is 4.39 Å². The Morgan fingerprint density at radius 3 is 2.95 bits per heavy atom. The van der Waals surface area contributed by atoms with Crippen molar-refractivity contribution in [3.63, 3.8) is 0 Å². The highest BCUT2D eigenvalue weighted by Crippen LogP contribution is 2.27. The molecule has 0 saturated carbocycles. The van der Waals surface area contributed by atoms with Crippen LogP contribution in [0, 0.1) is 5.92 Å². The van der Waals surface area contributed by atoms with Gasteiger partial charge in [0.1, 0.15) is 11.9 Å². The van der Waals surface area contributed by atoms with Crippen molar-refractivity contribution in [2.45, 2.75) is 38.6 Å². The molecule has 1 fully saturated rings. The van der Waals surface area contributed by atoms with Gasteiger partial charge < -0.3 is 5.32 Å². The maximum Gasteiger partial charge on any atom is 0.249 e. The first-order chi connectivity index (χ1) is 9.44. The molecule has 1 saturated heterocycles. The monoisotopic (exact) mass is 278 g/mol. The molecule has 1 heterocycles. The molecule has 0 bridgehead atoms. The van der Waals surface area contributed by atoms with E-state index in [4.69, 9.17) is 0 Å². The third kappa shape index (κ3) is 3.79. The fraction of sp³-hybridized carbons (Fsp3) is 0.467. The van der Waals surface area contributed by atoms with Gasteiger partial charge in [-0.05, 0) is 31.8 Å². The number of piperidine rings is 1. The molecule has 2 aliphatic rings. The van der Waals surface area contributed by atoms with E-state index in [1.165, 1.54) is 6.08 Å². The van der Waals surface area contributed by atoms with E-state index in [2.05, 4.69) is 17.2 Å². The smallest absolute Gasteiger partial charge is 0.249 e. The summed E-state index contributed by atoms with van der Waals surface area (Å²) >= 11 is 0. The Hall–Kier alpha value is -1.91. The largest absolute Gasteiger partial charge is 0.374 e. The van der Waals surface area contributed by atoms with Gasteiger partial charge in [-0.3, -0.25) is 14.9 Å². The zero-order chi connectivity index (χ0) is 14.7. The van der Waals surface area contributed by atoms with Gasteiger partial charge in [-0.25, -0.2) is 4.39 Å². The summed E-state index contributed by atoms with van der Waals surface area (Å²) in [6.45, 7) is 5.76. The summed E-state index contributed by atoms with van der Waals surface area (Å²) in [5.41, 5.74) is 1.61. The van der Waals surface area contributed by atoms with Crippen molar-refractivity contribution >= 4 is 11.8 Å². The van der Waals surface area contributed by atoms with Gasteiger partial charge in [-0.2, -0.15) is 0 Å². The summed E-state index contributed by atoms with van der Waals surface area (Å²) in [4.78, 5) is 22.7. The molecule has 0 aromatic carbocycles. The molecule has 2 rings (SSSR count). The number of halogens is 1. The van der Waals surface area contributed by atoms with Gasteiger partial charge in [0.2, 0.25) is 11.8 Å². The normalized spacial score (nSPS) is 26.5. The van der Waals surface area contributed by atoms with E-state index in [1.807, 2.05) is 13.0 Å². The van der Waals surface area contributed by atoms with Gasteiger partial charge in [0.25, 0.3) is 0 Å². The number of nitrogens with one attached hydrogen (secondary N) is 2. The average molecular weight is 278 g/mol. The number of rotatable bonds is 4. The lowest BCUT2D eigenvalue weighted by molar-refractivity contribution is -0.134. The first-order valence-electron chi connectivity index (χ1n) is 6.76. The molecule has 1 aliphatic carbocycles. The Morgan fingerprint density at radius 1 is 1.55 bits per heavy atom. The highest BCUT2D eigenvalue weighted by molar-refractivity contribution is 6.00. The van der Waals surface area contributed by atoms with Crippen molar-refractivity contribution < 1.29 is 14.0 Å². The van der Waals surface area contributed by atoms with E-state index in [9.17, 15) is 14.0 Å². The van der Waals surface area contributed by atoms with Crippen LogP contribution in [-0.2, 0) is 9.59 Å². The van der Waals surface area contributed by atoms with Crippen LogP contribution in [0.2, 0.25) is 0 Å². The van der Waals surface area contributed by atoms with E-state index in [0.29, 0.717) is 25.0 Å². The lowest BCUT2D eigenvalue weighted by Crippen LogP contribution is -2.50. The lowest BCUT2D eigenvalue weighted by Gasteiger charge is -2.26. The molecule has 0 aromatic heterocycles. The molecule has 2 N–H and O–H groups in total. The Morgan fingerprint density at radius 2 is 2.30 bits per heavy atom. The molecule has 20 heavy (non-hydrogen) atoms. The molecule has 0 aromatic rings.